The zero-order valence-corrected chi connectivity index (χ0v) is 9.93. The molecule has 1 amide bonds. The van der Waals surface area contributed by atoms with Gasteiger partial charge in [-0.05, 0) is 37.5 Å². The lowest BCUT2D eigenvalue weighted by molar-refractivity contribution is -0.146. The third kappa shape index (κ3) is 1.90. The summed E-state index contributed by atoms with van der Waals surface area (Å²) in [7, 11) is 0. The van der Waals surface area contributed by atoms with Crippen molar-refractivity contribution in [3.05, 3.63) is 29.3 Å². The number of aliphatic carboxylic acids is 1. The summed E-state index contributed by atoms with van der Waals surface area (Å²) in [4.78, 5) is 24.6. The van der Waals surface area contributed by atoms with E-state index in [1.807, 2.05) is 32.0 Å². The van der Waals surface area contributed by atoms with Crippen LogP contribution in [0.1, 0.15) is 18.1 Å². The van der Waals surface area contributed by atoms with E-state index in [0.717, 1.165) is 16.8 Å². The van der Waals surface area contributed by atoms with Crippen molar-refractivity contribution in [3.8, 4) is 0 Å². The van der Waals surface area contributed by atoms with E-state index in [-0.39, 0.29) is 5.91 Å². The van der Waals surface area contributed by atoms with E-state index in [1.165, 1.54) is 0 Å². The highest BCUT2D eigenvalue weighted by Gasteiger charge is 2.36. The number of benzene rings is 1. The molecule has 0 bridgehead atoms. The second-order valence-corrected chi connectivity index (χ2v) is 4.31. The van der Waals surface area contributed by atoms with Gasteiger partial charge in [0.2, 0.25) is 5.91 Å². The molecule has 0 aromatic heterocycles. The predicted octanol–water partition coefficient (Wildman–Crippen LogP) is 1.60. The molecule has 0 radical (unpaired) electrons. The van der Waals surface area contributed by atoms with Crippen molar-refractivity contribution in [2.75, 3.05) is 11.4 Å². The minimum atomic E-state index is -1.04. The Labute approximate surface area is 99.9 Å². The Hall–Kier alpha value is -1.84. The summed E-state index contributed by atoms with van der Waals surface area (Å²) in [6, 6.07) is 5.80. The van der Waals surface area contributed by atoms with Crippen LogP contribution in [0.4, 0.5) is 5.69 Å². The van der Waals surface area contributed by atoms with Gasteiger partial charge in [-0.25, -0.2) is 0 Å². The van der Waals surface area contributed by atoms with E-state index >= 15 is 0 Å². The summed E-state index contributed by atoms with van der Waals surface area (Å²) in [5, 5.41) is 9.05. The maximum Gasteiger partial charge on any atom is 0.316 e. The van der Waals surface area contributed by atoms with E-state index in [9.17, 15) is 9.59 Å². The fraction of sp³-hybridized carbons (Fsp3) is 0.385. The Bertz CT molecular complexity index is 482. The molecule has 90 valence electrons. The lowest BCUT2D eigenvalue weighted by atomic mass is 9.91. The quantitative estimate of drug-likeness (QED) is 0.789. The summed E-state index contributed by atoms with van der Waals surface area (Å²) in [5.41, 5.74) is 2.86. The van der Waals surface area contributed by atoms with Crippen molar-refractivity contribution >= 4 is 17.6 Å². The Morgan fingerprint density at radius 3 is 2.82 bits per heavy atom. The molecule has 1 N–H and O–H groups in total. The number of rotatable bonds is 2. The van der Waals surface area contributed by atoms with Crippen molar-refractivity contribution in [1.29, 1.82) is 0 Å². The SMILES string of the molecule is CCN1C(=O)C(C(=O)O)Cc2ccc(C)cc21. The topological polar surface area (TPSA) is 57.6 Å². The largest absolute Gasteiger partial charge is 0.481 e. The van der Waals surface area contributed by atoms with Gasteiger partial charge in [-0.15, -0.1) is 0 Å². The van der Waals surface area contributed by atoms with Gasteiger partial charge in [0, 0.05) is 12.2 Å². The molecule has 1 aromatic rings. The second kappa shape index (κ2) is 4.20. The van der Waals surface area contributed by atoms with Crippen LogP contribution >= 0.6 is 0 Å². The van der Waals surface area contributed by atoms with Crippen LogP contribution in [0.2, 0.25) is 0 Å². The number of anilines is 1. The third-order valence-corrected chi connectivity index (χ3v) is 3.13. The first-order valence-corrected chi connectivity index (χ1v) is 5.68. The van der Waals surface area contributed by atoms with Crippen LogP contribution < -0.4 is 4.90 Å². The minimum Gasteiger partial charge on any atom is -0.481 e. The van der Waals surface area contributed by atoms with E-state index in [4.69, 9.17) is 5.11 Å². The number of carbonyl (C=O) groups excluding carboxylic acids is 1. The molecule has 1 atom stereocenters. The van der Waals surface area contributed by atoms with Crippen LogP contribution in [0.25, 0.3) is 0 Å². The van der Waals surface area contributed by atoms with Gasteiger partial charge < -0.3 is 10.0 Å². The molecule has 1 unspecified atom stereocenters. The standard InChI is InChI=1S/C13H15NO3/c1-3-14-11-6-8(2)4-5-9(11)7-10(12(14)15)13(16)17/h4-6,10H,3,7H2,1-2H3,(H,16,17). The molecule has 1 aliphatic heterocycles. The van der Waals surface area contributed by atoms with Gasteiger partial charge in [-0.3, -0.25) is 9.59 Å². The molecule has 0 saturated heterocycles. The summed E-state index contributed by atoms with van der Waals surface area (Å²) in [6.07, 6.45) is 0.292. The Morgan fingerprint density at radius 1 is 1.53 bits per heavy atom. The molecule has 0 saturated carbocycles. The third-order valence-electron chi connectivity index (χ3n) is 3.13. The fourth-order valence-corrected chi connectivity index (χ4v) is 2.23. The molecular weight excluding hydrogens is 218 g/mol. The van der Waals surface area contributed by atoms with Gasteiger partial charge in [0.15, 0.2) is 0 Å². The van der Waals surface area contributed by atoms with Gasteiger partial charge in [0.1, 0.15) is 5.92 Å². The number of aryl methyl sites for hydroxylation is 1. The molecule has 1 heterocycles. The second-order valence-electron chi connectivity index (χ2n) is 4.31. The molecule has 17 heavy (non-hydrogen) atoms. The van der Waals surface area contributed by atoms with Crippen molar-refractivity contribution < 1.29 is 14.7 Å². The summed E-state index contributed by atoms with van der Waals surface area (Å²) in [5.74, 6) is -2.29. The lowest BCUT2D eigenvalue weighted by Crippen LogP contribution is -2.44. The number of hydrogen-bond acceptors (Lipinski definition) is 2. The minimum absolute atomic E-state index is 0.292. The van der Waals surface area contributed by atoms with Gasteiger partial charge in [0.05, 0.1) is 0 Å². The van der Waals surface area contributed by atoms with Crippen LogP contribution in [0.5, 0.6) is 0 Å². The van der Waals surface area contributed by atoms with Crippen LogP contribution in [0, 0.1) is 12.8 Å². The van der Waals surface area contributed by atoms with Crippen molar-refractivity contribution in [2.45, 2.75) is 20.3 Å². The maximum atomic E-state index is 12.0. The molecule has 2 rings (SSSR count). The number of carboxylic acids is 1. The van der Waals surface area contributed by atoms with Crippen molar-refractivity contribution in [3.63, 3.8) is 0 Å². The van der Waals surface area contributed by atoms with Crippen molar-refractivity contribution in [2.24, 2.45) is 5.92 Å². The van der Waals surface area contributed by atoms with E-state index in [1.54, 1.807) is 4.90 Å². The highest BCUT2D eigenvalue weighted by molar-refractivity contribution is 6.08. The predicted molar refractivity (Wildman–Crippen MR) is 64.0 cm³/mol. The first kappa shape index (κ1) is 11.6. The molecule has 0 spiro atoms. The highest BCUT2D eigenvalue weighted by atomic mass is 16.4. The summed E-state index contributed by atoms with van der Waals surface area (Å²) < 4.78 is 0. The number of carboxylic acid groups (broad SMARTS) is 1. The van der Waals surface area contributed by atoms with Crippen LogP contribution in [-0.4, -0.2) is 23.5 Å². The Kier molecular flexibility index (Phi) is 2.88. The van der Waals surface area contributed by atoms with Crippen LogP contribution in [0.15, 0.2) is 18.2 Å². The van der Waals surface area contributed by atoms with Gasteiger partial charge in [0.25, 0.3) is 0 Å². The summed E-state index contributed by atoms with van der Waals surface area (Å²) >= 11 is 0. The highest BCUT2D eigenvalue weighted by Crippen LogP contribution is 2.31. The number of nitrogens with zero attached hydrogens (tertiary/aromatic N) is 1. The Balaban J connectivity index is 2.50. The number of amides is 1. The lowest BCUT2D eigenvalue weighted by Gasteiger charge is -2.32. The van der Waals surface area contributed by atoms with Gasteiger partial charge >= 0.3 is 5.97 Å². The zero-order chi connectivity index (χ0) is 12.6. The van der Waals surface area contributed by atoms with E-state index in [2.05, 4.69) is 0 Å². The molecule has 4 heteroatoms. The van der Waals surface area contributed by atoms with E-state index < -0.39 is 11.9 Å². The molecule has 1 aromatic carbocycles. The average Bonchev–Trinajstić information content (AvgIpc) is 2.28. The molecule has 0 fully saturated rings. The monoisotopic (exact) mass is 233 g/mol. The first-order valence-electron chi connectivity index (χ1n) is 5.68. The van der Waals surface area contributed by atoms with E-state index in [0.29, 0.717) is 13.0 Å². The Morgan fingerprint density at radius 2 is 2.24 bits per heavy atom. The van der Waals surface area contributed by atoms with Crippen LogP contribution in [0.3, 0.4) is 0 Å². The molecular formula is C13H15NO3. The van der Waals surface area contributed by atoms with Crippen LogP contribution in [-0.2, 0) is 16.0 Å². The van der Waals surface area contributed by atoms with Crippen molar-refractivity contribution in [1.82, 2.24) is 0 Å². The normalized spacial score (nSPS) is 19.1. The zero-order valence-electron chi connectivity index (χ0n) is 9.93. The number of hydrogen-bond donors (Lipinski definition) is 1. The van der Waals surface area contributed by atoms with Gasteiger partial charge in [-0.2, -0.15) is 0 Å². The smallest absolute Gasteiger partial charge is 0.316 e. The molecule has 4 nitrogen and oxygen atoms in total. The first-order chi connectivity index (χ1) is 8.04. The summed E-state index contributed by atoms with van der Waals surface area (Å²) in [6.45, 7) is 4.31. The molecule has 0 aliphatic carbocycles. The van der Waals surface area contributed by atoms with Gasteiger partial charge in [-0.1, -0.05) is 12.1 Å². The maximum absolute atomic E-state index is 12.0. The fourth-order valence-electron chi connectivity index (χ4n) is 2.23. The average molecular weight is 233 g/mol. The number of fused-ring (bicyclic) bond motifs is 1. The molecule has 1 aliphatic rings. The number of carbonyl (C=O) groups is 2.